The highest BCUT2D eigenvalue weighted by Crippen LogP contribution is 2.50. The van der Waals surface area contributed by atoms with Crippen molar-refractivity contribution in [3.05, 3.63) is 0 Å². The first-order chi connectivity index (χ1) is 8.78. The van der Waals surface area contributed by atoms with Gasteiger partial charge in [-0.05, 0) is 56.4 Å². The zero-order valence-corrected chi connectivity index (χ0v) is 12.5. The lowest BCUT2D eigenvalue weighted by molar-refractivity contribution is 0.0494. The molecule has 0 aromatic rings. The minimum absolute atomic E-state index is 0.411. The van der Waals surface area contributed by atoms with Gasteiger partial charge in [0.05, 0.1) is 6.10 Å². The van der Waals surface area contributed by atoms with E-state index in [2.05, 4.69) is 19.2 Å². The smallest absolute Gasteiger partial charge is 0.0724 e. The first-order valence-electron chi connectivity index (χ1n) is 8.04. The van der Waals surface area contributed by atoms with Crippen LogP contribution in [0.5, 0.6) is 0 Å². The summed E-state index contributed by atoms with van der Waals surface area (Å²) in [5.41, 5.74) is 0. The summed E-state index contributed by atoms with van der Waals surface area (Å²) in [6, 6.07) is 0.573. The summed E-state index contributed by atoms with van der Waals surface area (Å²) in [5.74, 6) is 3.08. The van der Waals surface area contributed by atoms with Crippen molar-refractivity contribution < 1.29 is 4.74 Å². The van der Waals surface area contributed by atoms with E-state index in [9.17, 15) is 0 Å². The summed E-state index contributed by atoms with van der Waals surface area (Å²) in [6.45, 7) is 5.54. The Balaban J connectivity index is 1.88. The van der Waals surface area contributed by atoms with Crippen LogP contribution in [0.3, 0.4) is 0 Å². The van der Waals surface area contributed by atoms with Crippen LogP contribution in [0.15, 0.2) is 0 Å². The minimum atomic E-state index is 0.411. The molecule has 0 heterocycles. The summed E-state index contributed by atoms with van der Waals surface area (Å²) in [4.78, 5) is 0. The van der Waals surface area contributed by atoms with E-state index in [1.54, 1.807) is 0 Å². The van der Waals surface area contributed by atoms with Crippen LogP contribution in [-0.2, 0) is 4.74 Å². The van der Waals surface area contributed by atoms with Crippen molar-refractivity contribution in [3.8, 4) is 0 Å². The number of fused-ring (bicyclic) bond motifs is 2. The van der Waals surface area contributed by atoms with Gasteiger partial charge in [-0.25, -0.2) is 0 Å². The zero-order chi connectivity index (χ0) is 13.0. The summed E-state index contributed by atoms with van der Waals surface area (Å²) in [5, 5.41) is 3.68. The van der Waals surface area contributed by atoms with E-state index in [0.717, 1.165) is 24.3 Å². The molecule has 5 unspecified atom stereocenters. The normalized spacial score (nSPS) is 33.8. The second kappa shape index (κ2) is 6.91. The van der Waals surface area contributed by atoms with Gasteiger partial charge in [0.15, 0.2) is 0 Å². The highest BCUT2D eigenvalue weighted by molar-refractivity contribution is 4.93. The largest absolute Gasteiger partial charge is 0.380 e. The number of rotatable bonds is 8. The predicted molar refractivity (Wildman–Crippen MR) is 76.7 cm³/mol. The Morgan fingerprint density at radius 3 is 2.56 bits per heavy atom. The van der Waals surface area contributed by atoms with Crippen LogP contribution in [0.25, 0.3) is 0 Å². The molecule has 2 fully saturated rings. The number of hydrogen-bond donors (Lipinski definition) is 1. The van der Waals surface area contributed by atoms with Crippen molar-refractivity contribution in [1.82, 2.24) is 5.32 Å². The van der Waals surface area contributed by atoms with Crippen molar-refractivity contribution in [3.63, 3.8) is 0 Å². The Kier molecular flexibility index (Phi) is 5.50. The molecule has 0 aliphatic heterocycles. The molecule has 2 bridgehead atoms. The van der Waals surface area contributed by atoms with Gasteiger partial charge in [-0.1, -0.05) is 26.7 Å². The maximum absolute atomic E-state index is 5.73. The van der Waals surface area contributed by atoms with Crippen LogP contribution < -0.4 is 5.32 Å². The van der Waals surface area contributed by atoms with Crippen LogP contribution in [0.1, 0.15) is 58.8 Å². The molecular formula is C16H31NO. The fourth-order valence-corrected chi connectivity index (χ4v) is 4.39. The third-order valence-electron chi connectivity index (χ3n) is 5.23. The Labute approximate surface area is 113 Å². The summed E-state index contributed by atoms with van der Waals surface area (Å²) >= 11 is 0. The lowest BCUT2D eigenvalue weighted by atomic mass is 9.82. The molecule has 0 spiro atoms. The van der Waals surface area contributed by atoms with Gasteiger partial charge in [0.1, 0.15) is 0 Å². The second-order valence-corrected chi connectivity index (χ2v) is 6.40. The number of hydrogen-bond acceptors (Lipinski definition) is 2. The number of methoxy groups -OCH3 is 1. The maximum Gasteiger partial charge on any atom is 0.0724 e. The van der Waals surface area contributed by atoms with Gasteiger partial charge in [0.25, 0.3) is 0 Å². The lowest BCUT2D eigenvalue weighted by Crippen LogP contribution is -2.42. The zero-order valence-electron chi connectivity index (χ0n) is 12.5. The van der Waals surface area contributed by atoms with Gasteiger partial charge in [-0.15, -0.1) is 0 Å². The molecule has 2 aliphatic carbocycles. The molecule has 2 rings (SSSR count). The quantitative estimate of drug-likeness (QED) is 0.713. The second-order valence-electron chi connectivity index (χ2n) is 6.40. The molecule has 0 amide bonds. The number of likely N-dealkylation sites (N-methyl/N-ethyl adjacent to an activating group) is 1. The Morgan fingerprint density at radius 1 is 1.22 bits per heavy atom. The van der Waals surface area contributed by atoms with E-state index in [-0.39, 0.29) is 0 Å². The third-order valence-corrected chi connectivity index (χ3v) is 5.23. The van der Waals surface area contributed by atoms with Crippen molar-refractivity contribution in [2.45, 2.75) is 70.9 Å². The molecule has 2 heteroatoms. The number of nitrogens with one attached hydrogen (secondary N) is 1. The van der Waals surface area contributed by atoms with Gasteiger partial charge < -0.3 is 10.1 Å². The van der Waals surface area contributed by atoms with E-state index >= 15 is 0 Å². The highest BCUT2D eigenvalue weighted by atomic mass is 16.5. The lowest BCUT2D eigenvalue weighted by Gasteiger charge is -2.32. The molecule has 2 aliphatic rings. The summed E-state index contributed by atoms with van der Waals surface area (Å²) in [6.07, 6.45) is 10.2. The molecule has 0 saturated heterocycles. The molecular weight excluding hydrogens is 222 g/mol. The fraction of sp³-hybridized carbons (Fsp3) is 1.00. The van der Waals surface area contributed by atoms with E-state index < -0.39 is 0 Å². The molecule has 2 nitrogen and oxygen atoms in total. The number of ether oxygens (including phenoxy) is 1. The van der Waals surface area contributed by atoms with Crippen molar-refractivity contribution in [2.24, 2.45) is 17.8 Å². The fourth-order valence-electron chi connectivity index (χ4n) is 4.39. The van der Waals surface area contributed by atoms with Gasteiger partial charge >= 0.3 is 0 Å². The predicted octanol–water partition coefficient (Wildman–Crippen LogP) is 3.61. The average Bonchev–Trinajstić information content (AvgIpc) is 2.97. The van der Waals surface area contributed by atoms with Crippen LogP contribution in [-0.4, -0.2) is 25.8 Å². The Bertz CT molecular complexity index is 243. The maximum atomic E-state index is 5.73. The van der Waals surface area contributed by atoms with Gasteiger partial charge in [0, 0.05) is 13.2 Å². The van der Waals surface area contributed by atoms with Gasteiger partial charge in [0.2, 0.25) is 0 Å². The van der Waals surface area contributed by atoms with Crippen molar-refractivity contribution >= 4 is 0 Å². The van der Waals surface area contributed by atoms with Crippen LogP contribution in [0.2, 0.25) is 0 Å². The minimum Gasteiger partial charge on any atom is -0.380 e. The summed E-state index contributed by atoms with van der Waals surface area (Å²) < 4.78 is 5.73. The molecule has 0 radical (unpaired) electrons. The standard InChI is InChI=1S/C16H31NO/c1-4-6-16(18-3)15(17-5-2)11-14-10-12-7-8-13(14)9-12/h12-17H,4-11H2,1-3H3. The molecule has 106 valence electrons. The monoisotopic (exact) mass is 253 g/mol. The molecule has 0 aromatic carbocycles. The third kappa shape index (κ3) is 3.27. The molecule has 0 aromatic heterocycles. The highest BCUT2D eigenvalue weighted by Gasteiger charge is 2.40. The van der Waals surface area contributed by atoms with E-state index in [1.165, 1.54) is 44.9 Å². The van der Waals surface area contributed by atoms with Crippen LogP contribution >= 0.6 is 0 Å². The molecule has 1 N–H and O–H groups in total. The van der Waals surface area contributed by atoms with E-state index in [0.29, 0.717) is 12.1 Å². The molecule has 18 heavy (non-hydrogen) atoms. The molecule has 5 atom stereocenters. The Hall–Kier alpha value is -0.0800. The van der Waals surface area contributed by atoms with Crippen LogP contribution in [0.4, 0.5) is 0 Å². The molecule has 2 saturated carbocycles. The summed E-state index contributed by atoms with van der Waals surface area (Å²) in [7, 11) is 1.88. The van der Waals surface area contributed by atoms with Gasteiger partial charge in [-0.2, -0.15) is 0 Å². The average molecular weight is 253 g/mol. The first-order valence-corrected chi connectivity index (χ1v) is 8.04. The van der Waals surface area contributed by atoms with Crippen molar-refractivity contribution in [1.29, 1.82) is 0 Å². The van der Waals surface area contributed by atoms with E-state index in [1.807, 2.05) is 7.11 Å². The SMILES string of the molecule is CCCC(OC)C(CC1CC2CCC1C2)NCC. The van der Waals surface area contributed by atoms with E-state index in [4.69, 9.17) is 4.74 Å². The van der Waals surface area contributed by atoms with Crippen LogP contribution in [0, 0.1) is 17.8 Å². The van der Waals surface area contributed by atoms with Crippen molar-refractivity contribution in [2.75, 3.05) is 13.7 Å². The first kappa shape index (κ1) is 14.3. The topological polar surface area (TPSA) is 21.3 Å². The Morgan fingerprint density at radius 2 is 2.06 bits per heavy atom. The van der Waals surface area contributed by atoms with Gasteiger partial charge in [-0.3, -0.25) is 0 Å².